The molecule has 2 N–H and O–H groups in total. The van der Waals surface area contributed by atoms with Crippen LogP contribution in [0.2, 0.25) is 0 Å². The van der Waals surface area contributed by atoms with Gasteiger partial charge in [-0.25, -0.2) is 4.79 Å². The smallest absolute Gasteiger partial charge is 0.336 e. The zero-order valence-electron chi connectivity index (χ0n) is 11.4. The maximum Gasteiger partial charge on any atom is 0.336 e. The van der Waals surface area contributed by atoms with Crippen LogP contribution in [0.15, 0.2) is 46.7 Å². The summed E-state index contributed by atoms with van der Waals surface area (Å²) in [4.78, 5) is 24.7. The highest BCUT2D eigenvalue weighted by Gasteiger charge is 2.13. The third kappa shape index (κ3) is 4.34. The fraction of sp³-hybridized carbons (Fsp3) is 0.200. The van der Waals surface area contributed by atoms with E-state index in [0.29, 0.717) is 4.90 Å². The average Bonchev–Trinajstić information content (AvgIpc) is 2.99. The second-order valence-corrected chi connectivity index (χ2v) is 6.39. The molecule has 2 aromatic rings. The molecule has 0 saturated carbocycles. The van der Waals surface area contributed by atoms with Crippen LogP contribution in [-0.4, -0.2) is 22.7 Å². The van der Waals surface area contributed by atoms with Gasteiger partial charge in [-0.05, 0) is 30.5 Å². The van der Waals surface area contributed by atoms with E-state index in [9.17, 15) is 9.59 Å². The Morgan fingerprint density at radius 3 is 2.71 bits per heavy atom. The summed E-state index contributed by atoms with van der Waals surface area (Å²) in [5.41, 5.74) is 0.224. The fourth-order valence-electron chi connectivity index (χ4n) is 1.80. The first kappa shape index (κ1) is 15.6. The van der Waals surface area contributed by atoms with Crippen LogP contribution >= 0.6 is 23.1 Å². The molecule has 2 rings (SSSR count). The SMILES string of the molecule is CC(NC(=O)CSc1ccccc1C(=O)O)c1cccs1. The summed E-state index contributed by atoms with van der Waals surface area (Å²) >= 11 is 2.83. The Morgan fingerprint density at radius 1 is 1.29 bits per heavy atom. The van der Waals surface area contributed by atoms with E-state index in [2.05, 4.69) is 5.32 Å². The minimum atomic E-state index is -0.981. The summed E-state index contributed by atoms with van der Waals surface area (Å²) in [6.45, 7) is 1.93. The molecule has 1 heterocycles. The molecule has 0 aliphatic heterocycles. The average molecular weight is 321 g/mol. The lowest BCUT2D eigenvalue weighted by atomic mass is 10.2. The molecule has 110 valence electrons. The molecule has 1 unspecified atom stereocenters. The first-order valence-corrected chi connectivity index (χ1v) is 8.22. The predicted octanol–water partition coefficient (Wildman–Crippen LogP) is 3.42. The highest BCUT2D eigenvalue weighted by atomic mass is 32.2. The molecule has 6 heteroatoms. The van der Waals surface area contributed by atoms with Gasteiger partial charge in [0.05, 0.1) is 17.4 Å². The summed E-state index contributed by atoms with van der Waals surface area (Å²) < 4.78 is 0. The zero-order chi connectivity index (χ0) is 15.2. The number of carbonyl (C=O) groups excluding carboxylic acids is 1. The minimum absolute atomic E-state index is 0.0344. The van der Waals surface area contributed by atoms with Crippen LogP contribution in [0.4, 0.5) is 0 Å². The molecule has 1 atom stereocenters. The lowest BCUT2D eigenvalue weighted by molar-refractivity contribution is -0.119. The number of nitrogens with one attached hydrogen (secondary N) is 1. The summed E-state index contributed by atoms with van der Waals surface area (Å²) in [5, 5.41) is 14.0. The lowest BCUT2D eigenvalue weighted by Gasteiger charge is -2.12. The summed E-state index contributed by atoms with van der Waals surface area (Å²) in [7, 11) is 0. The number of amides is 1. The van der Waals surface area contributed by atoms with Crippen molar-refractivity contribution in [1.82, 2.24) is 5.32 Å². The van der Waals surface area contributed by atoms with Crippen LogP contribution < -0.4 is 5.32 Å². The molecule has 0 spiro atoms. The van der Waals surface area contributed by atoms with Crippen molar-refractivity contribution in [3.05, 3.63) is 52.2 Å². The second kappa shape index (κ2) is 7.28. The van der Waals surface area contributed by atoms with Gasteiger partial charge in [0.2, 0.25) is 5.91 Å². The Hall–Kier alpha value is -1.79. The molecule has 0 radical (unpaired) electrons. The number of thioether (sulfide) groups is 1. The number of carbonyl (C=O) groups is 2. The number of carboxylic acids is 1. The van der Waals surface area contributed by atoms with Gasteiger partial charge in [-0.3, -0.25) is 4.79 Å². The molecule has 1 amide bonds. The van der Waals surface area contributed by atoms with E-state index in [-0.39, 0.29) is 23.3 Å². The van der Waals surface area contributed by atoms with E-state index in [1.807, 2.05) is 24.4 Å². The lowest BCUT2D eigenvalue weighted by Crippen LogP contribution is -2.27. The van der Waals surface area contributed by atoms with Gasteiger partial charge in [0, 0.05) is 9.77 Å². The van der Waals surface area contributed by atoms with Crippen molar-refractivity contribution in [3.63, 3.8) is 0 Å². The molecule has 4 nitrogen and oxygen atoms in total. The van der Waals surface area contributed by atoms with Crippen molar-refractivity contribution >= 4 is 35.0 Å². The molecular formula is C15H15NO3S2. The number of aromatic carboxylic acids is 1. The van der Waals surface area contributed by atoms with E-state index in [1.54, 1.807) is 29.5 Å². The van der Waals surface area contributed by atoms with Crippen LogP contribution in [-0.2, 0) is 4.79 Å². The fourth-order valence-corrected chi connectivity index (χ4v) is 3.39. The van der Waals surface area contributed by atoms with Crippen molar-refractivity contribution in [3.8, 4) is 0 Å². The maximum absolute atomic E-state index is 11.9. The monoisotopic (exact) mass is 321 g/mol. The molecule has 1 aromatic carbocycles. The summed E-state index contributed by atoms with van der Waals surface area (Å²) in [6, 6.07) is 10.6. The molecule has 0 aliphatic carbocycles. The van der Waals surface area contributed by atoms with E-state index in [4.69, 9.17) is 5.11 Å². The number of rotatable bonds is 6. The Kier molecular flexibility index (Phi) is 5.41. The number of thiophene rings is 1. The van der Waals surface area contributed by atoms with Crippen LogP contribution in [0.1, 0.15) is 28.2 Å². The summed E-state index contributed by atoms with van der Waals surface area (Å²) in [6.07, 6.45) is 0. The first-order valence-electron chi connectivity index (χ1n) is 6.36. The molecule has 21 heavy (non-hydrogen) atoms. The first-order chi connectivity index (χ1) is 10.1. The van der Waals surface area contributed by atoms with Crippen LogP contribution in [0.25, 0.3) is 0 Å². The summed E-state index contributed by atoms with van der Waals surface area (Å²) in [5.74, 6) is -0.897. The second-order valence-electron chi connectivity index (χ2n) is 4.39. The van der Waals surface area contributed by atoms with Crippen molar-refractivity contribution in [2.75, 3.05) is 5.75 Å². The molecular weight excluding hydrogens is 306 g/mol. The Morgan fingerprint density at radius 2 is 2.05 bits per heavy atom. The van der Waals surface area contributed by atoms with Gasteiger partial charge in [-0.15, -0.1) is 23.1 Å². The largest absolute Gasteiger partial charge is 0.478 e. The molecule has 1 aromatic heterocycles. The predicted molar refractivity (Wildman–Crippen MR) is 85.0 cm³/mol. The zero-order valence-corrected chi connectivity index (χ0v) is 13.0. The third-order valence-corrected chi connectivity index (χ3v) is 4.95. The van der Waals surface area contributed by atoms with Crippen LogP contribution in [0.5, 0.6) is 0 Å². The molecule has 0 saturated heterocycles. The molecule has 0 aliphatic rings. The standard InChI is InChI=1S/C15H15NO3S2/c1-10(12-7-4-8-20-12)16-14(17)9-21-13-6-3-2-5-11(13)15(18)19/h2-8,10H,9H2,1H3,(H,16,17)(H,18,19). The van der Waals surface area contributed by atoms with Gasteiger partial charge >= 0.3 is 5.97 Å². The van der Waals surface area contributed by atoms with Crippen molar-refractivity contribution in [1.29, 1.82) is 0 Å². The highest BCUT2D eigenvalue weighted by Crippen LogP contribution is 2.23. The van der Waals surface area contributed by atoms with E-state index >= 15 is 0 Å². The number of hydrogen-bond acceptors (Lipinski definition) is 4. The van der Waals surface area contributed by atoms with Crippen LogP contribution in [0.3, 0.4) is 0 Å². The topological polar surface area (TPSA) is 66.4 Å². The van der Waals surface area contributed by atoms with Gasteiger partial charge in [-0.1, -0.05) is 18.2 Å². The number of benzene rings is 1. The van der Waals surface area contributed by atoms with Crippen molar-refractivity contribution in [2.24, 2.45) is 0 Å². The van der Waals surface area contributed by atoms with E-state index in [1.165, 1.54) is 17.8 Å². The molecule has 0 bridgehead atoms. The van der Waals surface area contributed by atoms with E-state index in [0.717, 1.165) is 4.88 Å². The van der Waals surface area contributed by atoms with Gasteiger partial charge in [0.1, 0.15) is 0 Å². The van der Waals surface area contributed by atoms with Gasteiger partial charge in [0.15, 0.2) is 0 Å². The number of carboxylic acid groups (broad SMARTS) is 1. The van der Waals surface area contributed by atoms with E-state index < -0.39 is 5.97 Å². The maximum atomic E-state index is 11.9. The number of hydrogen-bond donors (Lipinski definition) is 2. The van der Waals surface area contributed by atoms with Gasteiger partial charge in [0.25, 0.3) is 0 Å². The Labute approximate surface area is 131 Å². The van der Waals surface area contributed by atoms with Gasteiger partial charge < -0.3 is 10.4 Å². The quantitative estimate of drug-likeness (QED) is 0.800. The Balaban J connectivity index is 1.91. The molecule has 0 fully saturated rings. The normalized spacial score (nSPS) is 11.9. The third-order valence-electron chi connectivity index (χ3n) is 2.82. The van der Waals surface area contributed by atoms with Crippen LogP contribution in [0, 0.1) is 0 Å². The highest BCUT2D eigenvalue weighted by molar-refractivity contribution is 8.00. The Bertz CT molecular complexity index is 626. The van der Waals surface area contributed by atoms with Crippen molar-refractivity contribution < 1.29 is 14.7 Å². The van der Waals surface area contributed by atoms with Gasteiger partial charge in [-0.2, -0.15) is 0 Å². The van der Waals surface area contributed by atoms with Crippen molar-refractivity contribution in [2.45, 2.75) is 17.9 Å². The minimum Gasteiger partial charge on any atom is -0.478 e.